The number of carbonyl (C=O) groups excluding carboxylic acids is 1. The first-order chi connectivity index (χ1) is 11.9. The summed E-state index contributed by atoms with van der Waals surface area (Å²) in [5, 5.41) is 9.44. The van der Waals surface area contributed by atoms with Crippen LogP contribution in [0.1, 0.15) is 30.2 Å². The molecule has 0 bridgehead atoms. The van der Waals surface area contributed by atoms with Gasteiger partial charge in [-0.1, -0.05) is 35.0 Å². The Morgan fingerprint density at radius 2 is 2.12 bits per heavy atom. The van der Waals surface area contributed by atoms with Crippen molar-refractivity contribution in [1.29, 1.82) is 5.26 Å². The Morgan fingerprint density at radius 3 is 2.68 bits per heavy atom. The summed E-state index contributed by atoms with van der Waals surface area (Å²) in [6.45, 7) is 2.73. The molecular weight excluding hydrogens is 382 g/mol. The van der Waals surface area contributed by atoms with E-state index in [0.29, 0.717) is 23.4 Å². The highest BCUT2D eigenvalue weighted by atomic mass is 79.9. The van der Waals surface area contributed by atoms with E-state index in [1.54, 1.807) is 13.1 Å². The van der Waals surface area contributed by atoms with Gasteiger partial charge in [0.05, 0.1) is 0 Å². The van der Waals surface area contributed by atoms with Crippen molar-refractivity contribution in [1.82, 2.24) is 9.47 Å². The molecule has 2 aromatic rings. The van der Waals surface area contributed by atoms with Crippen LogP contribution >= 0.6 is 15.9 Å². The molecule has 0 fully saturated rings. The van der Waals surface area contributed by atoms with Crippen molar-refractivity contribution in [2.45, 2.75) is 25.4 Å². The molecule has 1 aromatic carbocycles. The minimum Gasteiger partial charge on any atom is -0.369 e. The van der Waals surface area contributed by atoms with Crippen LogP contribution in [-0.4, -0.2) is 28.4 Å². The number of hydrogen-bond donors (Lipinski definition) is 1. The molecule has 0 saturated carbocycles. The summed E-state index contributed by atoms with van der Waals surface area (Å²) >= 11 is 3.45. The maximum absolute atomic E-state index is 13.1. The van der Waals surface area contributed by atoms with Crippen LogP contribution in [0.15, 0.2) is 46.0 Å². The third-order valence-corrected chi connectivity index (χ3v) is 4.87. The zero-order chi connectivity index (χ0) is 18.2. The third kappa shape index (κ3) is 2.63. The lowest BCUT2D eigenvalue weighted by Crippen LogP contribution is -2.41. The molecule has 0 aliphatic carbocycles. The Hall–Kier alpha value is -2.59. The number of benzene rings is 1. The Bertz CT molecular complexity index is 910. The molecule has 1 unspecified atom stereocenters. The normalized spacial score (nSPS) is 19.8. The summed E-state index contributed by atoms with van der Waals surface area (Å²) in [6.07, 6.45) is 2.71. The first-order valence-corrected chi connectivity index (χ1v) is 8.73. The van der Waals surface area contributed by atoms with Gasteiger partial charge in [-0.2, -0.15) is 5.26 Å². The van der Waals surface area contributed by atoms with Gasteiger partial charge in [0.2, 0.25) is 0 Å². The summed E-state index contributed by atoms with van der Waals surface area (Å²) in [7, 11) is 1.61. The highest BCUT2D eigenvalue weighted by Gasteiger charge is 2.50. The second-order valence-electron chi connectivity index (χ2n) is 5.97. The summed E-state index contributed by atoms with van der Waals surface area (Å²) < 4.78 is 2.70. The maximum atomic E-state index is 13.1. The fraction of sp³-hybridized carbons (Fsp3) is 0.278. The maximum Gasteiger partial charge on any atom is 0.266 e. The van der Waals surface area contributed by atoms with E-state index >= 15 is 0 Å². The largest absolute Gasteiger partial charge is 0.369 e. The average Bonchev–Trinajstić information content (AvgIpc) is 3.10. The van der Waals surface area contributed by atoms with Crippen molar-refractivity contribution in [2.24, 2.45) is 10.7 Å². The van der Waals surface area contributed by atoms with E-state index in [1.165, 1.54) is 4.90 Å². The van der Waals surface area contributed by atoms with Crippen LogP contribution in [0, 0.1) is 11.3 Å². The number of aromatic nitrogens is 1. The molecule has 1 aliphatic rings. The monoisotopic (exact) mass is 399 g/mol. The molecule has 1 aliphatic heterocycles. The van der Waals surface area contributed by atoms with E-state index in [0.717, 1.165) is 10.9 Å². The SMILES string of the molecule is CCCn1cc(C2(c3cccc(Br)c3)N=C(N)N(C)C2=O)cc1C#N. The molecule has 0 spiro atoms. The molecule has 1 amide bonds. The number of aryl methyl sites for hydroxylation is 1. The lowest BCUT2D eigenvalue weighted by molar-refractivity contribution is -0.129. The zero-order valence-electron chi connectivity index (χ0n) is 14.0. The van der Waals surface area contributed by atoms with E-state index in [4.69, 9.17) is 5.73 Å². The number of guanidine groups is 1. The number of nitrogens with two attached hydrogens (primary N) is 1. The topological polar surface area (TPSA) is 87.4 Å². The van der Waals surface area contributed by atoms with Gasteiger partial charge < -0.3 is 10.3 Å². The van der Waals surface area contributed by atoms with Crippen LogP contribution in [0.2, 0.25) is 0 Å². The van der Waals surface area contributed by atoms with Crippen LogP contribution in [0.5, 0.6) is 0 Å². The van der Waals surface area contributed by atoms with E-state index < -0.39 is 5.54 Å². The van der Waals surface area contributed by atoms with Gasteiger partial charge in [-0.05, 0) is 30.2 Å². The molecular formula is C18H18BrN5O. The van der Waals surface area contributed by atoms with E-state index in [1.807, 2.05) is 42.0 Å². The second kappa shape index (κ2) is 6.37. The summed E-state index contributed by atoms with van der Waals surface area (Å²) in [6, 6.07) is 11.4. The van der Waals surface area contributed by atoms with Crippen LogP contribution in [0.25, 0.3) is 0 Å². The number of rotatable bonds is 4. The van der Waals surface area contributed by atoms with Gasteiger partial charge >= 0.3 is 0 Å². The van der Waals surface area contributed by atoms with Crippen molar-refractivity contribution in [2.75, 3.05) is 7.05 Å². The molecule has 2 N–H and O–H groups in total. The van der Waals surface area contributed by atoms with Crippen molar-refractivity contribution in [3.8, 4) is 6.07 Å². The molecule has 128 valence electrons. The number of halogens is 1. The van der Waals surface area contributed by atoms with Gasteiger partial charge in [0, 0.05) is 29.8 Å². The van der Waals surface area contributed by atoms with Gasteiger partial charge in [0.1, 0.15) is 11.8 Å². The number of nitriles is 1. The molecule has 0 saturated heterocycles. The fourth-order valence-electron chi connectivity index (χ4n) is 3.12. The van der Waals surface area contributed by atoms with Gasteiger partial charge in [0.15, 0.2) is 11.5 Å². The molecule has 7 heteroatoms. The highest BCUT2D eigenvalue weighted by Crippen LogP contribution is 2.40. The Balaban J connectivity index is 2.28. The van der Waals surface area contributed by atoms with Crippen molar-refractivity contribution in [3.63, 3.8) is 0 Å². The molecule has 2 heterocycles. The van der Waals surface area contributed by atoms with E-state index in [9.17, 15) is 10.1 Å². The van der Waals surface area contributed by atoms with Crippen molar-refractivity contribution >= 4 is 27.8 Å². The third-order valence-electron chi connectivity index (χ3n) is 4.38. The number of likely N-dealkylation sites (N-methyl/N-ethyl adjacent to an activating group) is 1. The summed E-state index contributed by atoms with van der Waals surface area (Å²) in [5.41, 5.74) is 6.55. The molecule has 0 radical (unpaired) electrons. The molecule has 25 heavy (non-hydrogen) atoms. The smallest absolute Gasteiger partial charge is 0.266 e. The molecule has 1 atom stereocenters. The number of carbonyl (C=O) groups is 1. The second-order valence-corrected chi connectivity index (χ2v) is 6.89. The van der Waals surface area contributed by atoms with Crippen molar-refractivity contribution < 1.29 is 4.79 Å². The minimum absolute atomic E-state index is 0.159. The number of hydrogen-bond acceptors (Lipinski definition) is 4. The number of amides is 1. The van der Waals surface area contributed by atoms with Crippen LogP contribution in [0.3, 0.4) is 0 Å². The Kier molecular flexibility index (Phi) is 4.39. The first kappa shape index (κ1) is 17.2. The average molecular weight is 400 g/mol. The van der Waals surface area contributed by atoms with Crippen LogP contribution in [-0.2, 0) is 16.9 Å². The fourth-order valence-corrected chi connectivity index (χ4v) is 3.52. The lowest BCUT2D eigenvalue weighted by Gasteiger charge is -2.25. The van der Waals surface area contributed by atoms with Gasteiger partial charge in [-0.25, -0.2) is 4.99 Å². The lowest BCUT2D eigenvalue weighted by atomic mass is 9.84. The predicted molar refractivity (Wildman–Crippen MR) is 98.8 cm³/mol. The number of aliphatic imine (C=N–C) groups is 1. The highest BCUT2D eigenvalue weighted by molar-refractivity contribution is 9.10. The Morgan fingerprint density at radius 1 is 1.36 bits per heavy atom. The zero-order valence-corrected chi connectivity index (χ0v) is 15.6. The summed E-state index contributed by atoms with van der Waals surface area (Å²) in [4.78, 5) is 19.0. The molecule has 1 aromatic heterocycles. The van der Waals surface area contributed by atoms with Gasteiger partial charge in [0.25, 0.3) is 5.91 Å². The quantitative estimate of drug-likeness (QED) is 0.856. The standard InChI is InChI=1S/C18H18BrN5O/c1-3-7-24-11-13(9-15(24)10-20)18(12-5-4-6-14(19)8-12)16(25)23(2)17(21)22-18/h4-6,8-9,11H,3,7H2,1-2H3,(H2,21,22). The van der Waals surface area contributed by atoms with Gasteiger partial charge in [-0.3, -0.25) is 9.69 Å². The molecule has 3 rings (SSSR count). The minimum atomic E-state index is -1.27. The van der Waals surface area contributed by atoms with Crippen molar-refractivity contribution in [3.05, 3.63) is 57.8 Å². The van der Waals surface area contributed by atoms with Crippen LogP contribution in [0.4, 0.5) is 0 Å². The summed E-state index contributed by atoms with van der Waals surface area (Å²) in [5.74, 6) is -0.0760. The number of nitrogens with zero attached hydrogens (tertiary/aromatic N) is 4. The van der Waals surface area contributed by atoms with E-state index in [-0.39, 0.29) is 11.9 Å². The van der Waals surface area contributed by atoms with Crippen LogP contribution < -0.4 is 5.73 Å². The Labute approximate surface area is 154 Å². The first-order valence-electron chi connectivity index (χ1n) is 7.94. The predicted octanol–water partition coefficient (Wildman–Crippen LogP) is 2.56. The molecule has 6 nitrogen and oxygen atoms in total. The van der Waals surface area contributed by atoms with E-state index in [2.05, 4.69) is 27.0 Å². The van der Waals surface area contributed by atoms with Gasteiger partial charge in [-0.15, -0.1) is 0 Å².